The summed E-state index contributed by atoms with van der Waals surface area (Å²) in [7, 11) is 1.56. The van der Waals surface area contributed by atoms with Crippen LogP contribution in [-0.4, -0.2) is 89.5 Å². The number of likely N-dealkylation sites (tertiary alicyclic amines) is 1. The van der Waals surface area contributed by atoms with E-state index in [9.17, 15) is 24.4 Å². The highest BCUT2D eigenvalue weighted by Gasteiger charge is 2.64. The minimum absolute atomic E-state index is 0.0544. The quantitative estimate of drug-likeness (QED) is 0.304. The summed E-state index contributed by atoms with van der Waals surface area (Å²) in [5, 5.41) is 12.7. The molecule has 10 nitrogen and oxygen atoms in total. The third-order valence-electron chi connectivity index (χ3n) is 7.68. The molecule has 4 amide bonds. The fourth-order valence-corrected chi connectivity index (χ4v) is 6.70. The van der Waals surface area contributed by atoms with Gasteiger partial charge in [0.2, 0.25) is 5.91 Å². The maximum Gasteiger partial charge on any atom is 0.332 e. The number of carbonyl (C=O) groups is 4. The number of halogens is 2. The van der Waals surface area contributed by atoms with Crippen LogP contribution < -0.4 is 10.2 Å². The monoisotopic (exact) mass is 659 g/mol. The van der Waals surface area contributed by atoms with E-state index in [1.54, 1.807) is 68.7 Å². The van der Waals surface area contributed by atoms with Crippen molar-refractivity contribution in [2.45, 2.75) is 50.3 Å². The van der Waals surface area contributed by atoms with Gasteiger partial charge in [0.05, 0.1) is 23.9 Å². The normalized spacial score (nSPS) is 21.1. The third kappa shape index (κ3) is 6.99. The third-order valence-corrected chi connectivity index (χ3v) is 8.76. The van der Waals surface area contributed by atoms with Crippen molar-refractivity contribution in [3.05, 3.63) is 63.6 Å². The highest BCUT2D eigenvalue weighted by atomic mass is 35.5. The van der Waals surface area contributed by atoms with Gasteiger partial charge >= 0.3 is 12.0 Å². The smallest absolute Gasteiger partial charge is 0.332 e. The molecule has 0 aliphatic carbocycles. The second-order valence-electron chi connectivity index (χ2n) is 11.9. The number of hydrogen-bond donors (Lipinski definition) is 1. The number of thioether (sulfide) groups is 1. The summed E-state index contributed by atoms with van der Waals surface area (Å²) >= 11 is 14.0. The first-order chi connectivity index (χ1) is 20.7. The molecule has 2 fully saturated rings. The van der Waals surface area contributed by atoms with Crippen molar-refractivity contribution in [1.82, 2.24) is 15.1 Å². The van der Waals surface area contributed by atoms with Crippen LogP contribution >= 0.6 is 35.0 Å². The van der Waals surface area contributed by atoms with Crippen molar-refractivity contribution < 1.29 is 23.9 Å². The largest absolute Gasteiger partial charge is 0.458 e. The number of likely N-dealkylation sites (N-methyl/N-ethyl adjacent to an activating group) is 1. The standard InChI is InChI=1S/C31H35Cl2N5O5S/c1-30(2,3)43-27(40)25(10-11-44-5)35-26(39)17-37-16-24(20-8-6-19(15-34)7-9-20)31(18-37)28(41)38(29(42)36(31)4)23-13-21(32)12-22(33)14-23/h6-9,12-14,24-25H,10-11,16-18H2,1-5H3,(H,35,39)/t24-,25+,31+/m0/s1. The number of amides is 4. The molecule has 44 heavy (non-hydrogen) atoms. The number of carbonyl (C=O) groups excluding carboxylic acids is 4. The van der Waals surface area contributed by atoms with E-state index < -0.39 is 46.9 Å². The highest BCUT2D eigenvalue weighted by molar-refractivity contribution is 7.98. The number of nitrogens with zero attached hydrogens (tertiary/aromatic N) is 4. The van der Waals surface area contributed by atoms with Crippen LogP contribution in [0.1, 0.15) is 44.2 Å². The van der Waals surface area contributed by atoms with Gasteiger partial charge in [-0.2, -0.15) is 17.0 Å². The van der Waals surface area contributed by atoms with Crippen LogP contribution in [0.4, 0.5) is 10.5 Å². The highest BCUT2D eigenvalue weighted by Crippen LogP contribution is 2.46. The summed E-state index contributed by atoms with van der Waals surface area (Å²) in [6, 6.07) is 12.1. The van der Waals surface area contributed by atoms with Crippen LogP contribution in [0.5, 0.6) is 0 Å². The molecule has 234 valence electrons. The van der Waals surface area contributed by atoms with Crippen LogP contribution in [0.3, 0.4) is 0 Å². The maximum atomic E-state index is 14.4. The van der Waals surface area contributed by atoms with Gasteiger partial charge in [0.1, 0.15) is 17.2 Å². The molecule has 0 radical (unpaired) electrons. The molecule has 2 aromatic carbocycles. The van der Waals surface area contributed by atoms with Gasteiger partial charge in [-0.15, -0.1) is 0 Å². The predicted octanol–water partition coefficient (Wildman–Crippen LogP) is 4.68. The van der Waals surface area contributed by atoms with Crippen LogP contribution in [0.2, 0.25) is 10.0 Å². The Balaban J connectivity index is 1.65. The fraction of sp³-hybridized carbons (Fsp3) is 0.452. The van der Waals surface area contributed by atoms with E-state index in [0.717, 1.165) is 10.5 Å². The molecule has 13 heteroatoms. The lowest BCUT2D eigenvalue weighted by Crippen LogP contribution is -2.54. The van der Waals surface area contributed by atoms with Gasteiger partial charge in [-0.3, -0.25) is 14.5 Å². The Bertz CT molecular complexity index is 1470. The predicted molar refractivity (Wildman–Crippen MR) is 171 cm³/mol. The van der Waals surface area contributed by atoms with Crippen LogP contribution in [-0.2, 0) is 19.1 Å². The summed E-state index contributed by atoms with van der Waals surface area (Å²) in [6.45, 7) is 5.49. The summed E-state index contributed by atoms with van der Waals surface area (Å²) in [5.41, 5.74) is -0.659. The fourth-order valence-electron chi connectivity index (χ4n) is 5.71. The Kier molecular flexibility index (Phi) is 10.2. The molecule has 0 unspecified atom stereocenters. The summed E-state index contributed by atoms with van der Waals surface area (Å²) in [6.07, 6.45) is 2.31. The lowest BCUT2D eigenvalue weighted by Gasteiger charge is -2.34. The number of urea groups is 1. The van der Waals surface area contributed by atoms with Crippen molar-refractivity contribution in [2.24, 2.45) is 0 Å². The zero-order valence-corrected chi connectivity index (χ0v) is 27.6. The molecule has 1 N–H and O–H groups in total. The van der Waals surface area contributed by atoms with Crippen molar-refractivity contribution in [3.63, 3.8) is 0 Å². The van der Waals surface area contributed by atoms with Crippen molar-refractivity contribution in [2.75, 3.05) is 43.6 Å². The molecular formula is C31H35Cl2N5O5S. The van der Waals surface area contributed by atoms with E-state index in [1.807, 2.05) is 6.26 Å². The van der Waals surface area contributed by atoms with Gasteiger partial charge in [0, 0.05) is 36.1 Å². The number of anilines is 1. The average molecular weight is 661 g/mol. The molecule has 0 aromatic heterocycles. The SMILES string of the molecule is CSCC[C@@H](NC(=O)CN1C[C@@H](c2ccc(C#N)cc2)[C@]2(C1)C(=O)N(c1cc(Cl)cc(Cl)c1)C(=O)N2C)C(=O)OC(C)(C)C. The Labute approximate surface area is 271 Å². The summed E-state index contributed by atoms with van der Waals surface area (Å²) in [4.78, 5) is 58.6. The van der Waals surface area contributed by atoms with Gasteiger partial charge in [-0.1, -0.05) is 35.3 Å². The van der Waals surface area contributed by atoms with Crippen LogP contribution in [0.15, 0.2) is 42.5 Å². The van der Waals surface area contributed by atoms with E-state index in [-0.39, 0.29) is 35.4 Å². The van der Waals surface area contributed by atoms with Gasteiger partial charge in [-0.25, -0.2) is 14.5 Å². The number of benzene rings is 2. The average Bonchev–Trinajstić information content (AvgIpc) is 3.40. The molecule has 2 saturated heterocycles. The summed E-state index contributed by atoms with van der Waals surface area (Å²) < 4.78 is 5.54. The Morgan fingerprint density at radius 2 is 1.80 bits per heavy atom. The lowest BCUT2D eigenvalue weighted by atomic mass is 9.80. The molecule has 2 heterocycles. The van der Waals surface area contributed by atoms with Gasteiger partial charge in [-0.05, 0) is 75.1 Å². The lowest BCUT2D eigenvalue weighted by molar-refractivity contribution is -0.158. The zero-order chi connectivity index (χ0) is 32.4. The Morgan fingerprint density at radius 3 is 2.36 bits per heavy atom. The van der Waals surface area contributed by atoms with E-state index in [0.29, 0.717) is 17.7 Å². The minimum atomic E-state index is -1.37. The number of rotatable bonds is 9. The first kappa shape index (κ1) is 33.6. The van der Waals surface area contributed by atoms with Crippen molar-refractivity contribution >= 4 is 64.5 Å². The Morgan fingerprint density at radius 1 is 1.16 bits per heavy atom. The second kappa shape index (κ2) is 13.4. The molecule has 1 spiro atoms. The van der Waals surface area contributed by atoms with E-state index in [1.165, 1.54) is 23.1 Å². The number of ether oxygens (including phenoxy) is 1. The van der Waals surface area contributed by atoms with Crippen molar-refractivity contribution in [1.29, 1.82) is 5.26 Å². The molecule has 0 saturated carbocycles. The molecular weight excluding hydrogens is 625 g/mol. The number of imide groups is 1. The van der Waals surface area contributed by atoms with Gasteiger partial charge < -0.3 is 15.0 Å². The second-order valence-corrected chi connectivity index (χ2v) is 13.8. The van der Waals surface area contributed by atoms with Gasteiger partial charge in [0.25, 0.3) is 5.91 Å². The number of esters is 1. The first-order valence-electron chi connectivity index (χ1n) is 14.0. The number of hydrogen-bond acceptors (Lipinski definition) is 8. The molecule has 2 aliphatic rings. The van der Waals surface area contributed by atoms with Crippen LogP contribution in [0.25, 0.3) is 0 Å². The van der Waals surface area contributed by atoms with E-state index >= 15 is 0 Å². The summed E-state index contributed by atoms with van der Waals surface area (Å²) in [5.74, 6) is -1.30. The molecule has 4 rings (SSSR count). The van der Waals surface area contributed by atoms with Gasteiger partial charge in [0.15, 0.2) is 0 Å². The maximum absolute atomic E-state index is 14.4. The van der Waals surface area contributed by atoms with Crippen LogP contribution in [0, 0.1) is 11.3 Å². The van der Waals surface area contributed by atoms with E-state index in [2.05, 4.69) is 11.4 Å². The number of nitrogens with one attached hydrogen (secondary N) is 1. The Hall–Kier alpha value is -3.30. The topological polar surface area (TPSA) is 123 Å². The molecule has 2 aliphatic heterocycles. The first-order valence-corrected chi connectivity index (χ1v) is 16.2. The van der Waals surface area contributed by atoms with E-state index in [4.69, 9.17) is 27.9 Å². The zero-order valence-electron chi connectivity index (χ0n) is 25.2. The van der Waals surface area contributed by atoms with Crippen molar-refractivity contribution in [3.8, 4) is 6.07 Å². The molecule has 2 aromatic rings. The number of nitriles is 1. The minimum Gasteiger partial charge on any atom is -0.458 e. The molecule has 3 atom stereocenters. The molecule has 0 bridgehead atoms.